The Morgan fingerprint density at radius 1 is 1.18 bits per heavy atom. The van der Waals surface area contributed by atoms with Crippen molar-refractivity contribution in [1.82, 2.24) is 10.2 Å². The summed E-state index contributed by atoms with van der Waals surface area (Å²) in [6.45, 7) is 9.15. The van der Waals surface area contributed by atoms with E-state index in [0.717, 1.165) is 38.1 Å². The average Bonchev–Trinajstić information content (AvgIpc) is 2.39. The monoisotopic (exact) mass is 240 g/mol. The summed E-state index contributed by atoms with van der Waals surface area (Å²) in [5.41, 5.74) is 0. The maximum atomic E-state index is 5.57. The van der Waals surface area contributed by atoms with Gasteiger partial charge in [-0.3, -0.25) is 0 Å². The summed E-state index contributed by atoms with van der Waals surface area (Å²) >= 11 is 0. The molecule has 3 heterocycles. The third-order valence-corrected chi connectivity index (χ3v) is 4.17. The third kappa shape index (κ3) is 4.23. The van der Waals surface area contributed by atoms with Crippen LogP contribution >= 0.6 is 0 Å². The minimum absolute atomic E-state index is 0.758. The quantitative estimate of drug-likeness (QED) is 0.656. The molecule has 3 aliphatic heterocycles. The molecule has 2 bridgehead atoms. The average molecular weight is 240 g/mol. The summed E-state index contributed by atoms with van der Waals surface area (Å²) in [6.07, 6.45) is 6.41. The lowest BCUT2D eigenvalue weighted by Gasteiger charge is -2.45. The minimum atomic E-state index is 0.758. The van der Waals surface area contributed by atoms with Crippen molar-refractivity contribution in [2.24, 2.45) is 5.92 Å². The fourth-order valence-electron chi connectivity index (χ4n) is 3.01. The van der Waals surface area contributed by atoms with Gasteiger partial charge in [0.05, 0.1) is 0 Å². The van der Waals surface area contributed by atoms with Crippen LogP contribution in [0.1, 0.15) is 39.0 Å². The SMILES string of the molecule is CCCCOCCCNC1CN2CCC1CC2. The van der Waals surface area contributed by atoms with E-state index in [2.05, 4.69) is 17.1 Å². The molecule has 0 amide bonds. The minimum Gasteiger partial charge on any atom is -0.381 e. The fraction of sp³-hybridized carbons (Fsp3) is 1.00. The topological polar surface area (TPSA) is 24.5 Å². The molecule has 3 rings (SSSR count). The Labute approximate surface area is 106 Å². The Balaban J connectivity index is 1.48. The molecular weight excluding hydrogens is 212 g/mol. The van der Waals surface area contributed by atoms with Gasteiger partial charge in [-0.25, -0.2) is 0 Å². The molecule has 3 fully saturated rings. The molecule has 0 aromatic rings. The molecule has 3 aliphatic rings. The molecule has 100 valence electrons. The number of nitrogens with zero attached hydrogens (tertiary/aromatic N) is 1. The van der Waals surface area contributed by atoms with Gasteiger partial charge in [0.1, 0.15) is 0 Å². The van der Waals surface area contributed by atoms with Gasteiger partial charge in [-0.15, -0.1) is 0 Å². The van der Waals surface area contributed by atoms with Gasteiger partial charge < -0.3 is 15.0 Å². The van der Waals surface area contributed by atoms with E-state index in [0.29, 0.717) is 0 Å². The van der Waals surface area contributed by atoms with Crippen LogP contribution in [-0.4, -0.2) is 50.3 Å². The first-order valence-corrected chi connectivity index (χ1v) is 7.43. The zero-order chi connectivity index (χ0) is 11.9. The lowest BCUT2D eigenvalue weighted by atomic mass is 9.84. The predicted molar refractivity (Wildman–Crippen MR) is 71.3 cm³/mol. The first kappa shape index (κ1) is 13.3. The van der Waals surface area contributed by atoms with E-state index in [-0.39, 0.29) is 0 Å². The number of ether oxygens (including phenoxy) is 1. The van der Waals surface area contributed by atoms with Gasteiger partial charge in [0.15, 0.2) is 0 Å². The van der Waals surface area contributed by atoms with Crippen LogP contribution in [0.25, 0.3) is 0 Å². The molecule has 1 unspecified atom stereocenters. The molecule has 0 saturated carbocycles. The zero-order valence-corrected chi connectivity index (χ0v) is 11.3. The van der Waals surface area contributed by atoms with Crippen LogP contribution in [0.4, 0.5) is 0 Å². The van der Waals surface area contributed by atoms with Crippen LogP contribution in [0, 0.1) is 5.92 Å². The third-order valence-electron chi connectivity index (χ3n) is 4.17. The van der Waals surface area contributed by atoms with Crippen molar-refractivity contribution >= 4 is 0 Å². The Morgan fingerprint density at radius 2 is 1.94 bits per heavy atom. The molecule has 0 aromatic heterocycles. The molecule has 1 N–H and O–H groups in total. The lowest BCUT2D eigenvalue weighted by Crippen LogP contribution is -2.56. The summed E-state index contributed by atoms with van der Waals surface area (Å²) in [7, 11) is 0. The van der Waals surface area contributed by atoms with Gasteiger partial charge in [0.25, 0.3) is 0 Å². The van der Waals surface area contributed by atoms with Gasteiger partial charge >= 0.3 is 0 Å². The Kier molecular flexibility index (Phi) is 5.75. The first-order valence-electron chi connectivity index (χ1n) is 7.43. The standard InChI is InChI=1S/C14H28N2O/c1-2-3-10-17-11-4-7-15-14-12-16-8-5-13(14)6-9-16/h13-15H,2-12H2,1H3. The predicted octanol–water partition coefficient (Wildman–Crippen LogP) is 1.88. The summed E-state index contributed by atoms with van der Waals surface area (Å²) in [5, 5.41) is 3.72. The molecule has 3 nitrogen and oxygen atoms in total. The van der Waals surface area contributed by atoms with Crippen LogP contribution in [0.2, 0.25) is 0 Å². The Hall–Kier alpha value is -0.120. The fourth-order valence-corrected chi connectivity index (χ4v) is 3.01. The van der Waals surface area contributed by atoms with Crippen molar-refractivity contribution in [2.45, 2.75) is 45.1 Å². The maximum Gasteiger partial charge on any atom is 0.0478 e. The highest BCUT2D eigenvalue weighted by Crippen LogP contribution is 2.27. The van der Waals surface area contributed by atoms with Gasteiger partial charge in [0, 0.05) is 25.8 Å². The van der Waals surface area contributed by atoms with Crippen molar-refractivity contribution in [2.75, 3.05) is 39.4 Å². The van der Waals surface area contributed by atoms with E-state index in [1.54, 1.807) is 0 Å². The van der Waals surface area contributed by atoms with Crippen LogP contribution in [-0.2, 0) is 4.74 Å². The number of nitrogens with one attached hydrogen (secondary N) is 1. The first-order chi connectivity index (χ1) is 8.40. The molecule has 0 aliphatic carbocycles. The number of fused-ring (bicyclic) bond motifs is 3. The number of hydrogen-bond donors (Lipinski definition) is 1. The second-order valence-electron chi connectivity index (χ2n) is 5.52. The molecule has 0 spiro atoms. The number of unbranched alkanes of at least 4 members (excludes halogenated alkanes) is 1. The molecule has 17 heavy (non-hydrogen) atoms. The van der Waals surface area contributed by atoms with Crippen molar-refractivity contribution < 1.29 is 4.74 Å². The number of rotatable bonds is 8. The highest BCUT2D eigenvalue weighted by Gasteiger charge is 2.33. The molecule has 1 atom stereocenters. The van der Waals surface area contributed by atoms with Crippen molar-refractivity contribution in [3.05, 3.63) is 0 Å². The zero-order valence-electron chi connectivity index (χ0n) is 11.3. The summed E-state index contributed by atoms with van der Waals surface area (Å²) < 4.78 is 5.57. The summed E-state index contributed by atoms with van der Waals surface area (Å²) in [5.74, 6) is 0.945. The lowest BCUT2D eigenvalue weighted by molar-refractivity contribution is 0.0700. The van der Waals surface area contributed by atoms with Crippen LogP contribution in [0.5, 0.6) is 0 Å². The van der Waals surface area contributed by atoms with E-state index in [1.807, 2.05) is 0 Å². The normalized spacial score (nSPS) is 31.9. The van der Waals surface area contributed by atoms with Crippen molar-refractivity contribution in [3.63, 3.8) is 0 Å². The van der Waals surface area contributed by atoms with Crippen molar-refractivity contribution in [1.29, 1.82) is 0 Å². The maximum absolute atomic E-state index is 5.57. The van der Waals surface area contributed by atoms with E-state index >= 15 is 0 Å². The van der Waals surface area contributed by atoms with Gasteiger partial charge in [-0.05, 0) is 51.2 Å². The smallest absolute Gasteiger partial charge is 0.0478 e. The number of hydrogen-bond acceptors (Lipinski definition) is 3. The molecule has 3 heteroatoms. The summed E-state index contributed by atoms with van der Waals surface area (Å²) in [6, 6.07) is 0.758. The largest absolute Gasteiger partial charge is 0.381 e. The van der Waals surface area contributed by atoms with E-state index in [9.17, 15) is 0 Å². The van der Waals surface area contributed by atoms with Crippen LogP contribution in [0.3, 0.4) is 0 Å². The second kappa shape index (κ2) is 7.34. The second-order valence-corrected chi connectivity index (χ2v) is 5.52. The Morgan fingerprint density at radius 3 is 2.59 bits per heavy atom. The highest BCUT2D eigenvalue weighted by atomic mass is 16.5. The number of piperidine rings is 3. The van der Waals surface area contributed by atoms with Gasteiger partial charge in [-0.1, -0.05) is 13.3 Å². The Bertz CT molecular complexity index is 202. The van der Waals surface area contributed by atoms with Gasteiger partial charge in [-0.2, -0.15) is 0 Å². The van der Waals surface area contributed by atoms with E-state index in [1.165, 1.54) is 45.3 Å². The molecule has 0 aromatic carbocycles. The van der Waals surface area contributed by atoms with Gasteiger partial charge in [0.2, 0.25) is 0 Å². The van der Waals surface area contributed by atoms with Crippen LogP contribution in [0.15, 0.2) is 0 Å². The van der Waals surface area contributed by atoms with Crippen molar-refractivity contribution in [3.8, 4) is 0 Å². The van der Waals surface area contributed by atoms with Crippen LogP contribution < -0.4 is 5.32 Å². The molecular formula is C14H28N2O. The van der Waals surface area contributed by atoms with E-state index < -0.39 is 0 Å². The molecule has 3 saturated heterocycles. The highest BCUT2D eigenvalue weighted by molar-refractivity contribution is 4.90. The van der Waals surface area contributed by atoms with E-state index in [4.69, 9.17) is 4.74 Å². The molecule has 0 radical (unpaired) electrons. The summed E-state index contributed by atoms with van der Waals surface area (Å²) in [4.78, 5) is 2.61.